The van der Waals surface area contributed by atoms with E-state index < -0.39 is 6.10 Å². The van der Waals surface area contributed by atoms with Gasteiger partial charge < -0.3 is 24.6 Å². The minimum atomic E-state index is -0.576. The Morgan fingerprint density at radius 3 is 2.79 bits per heavy atom. The van der Waals surface area contributed by atoms with Gasteiger partial charge in [0, 0.05) is 18.0 Å². The van der Waals surface area contributed by atoms with Crippen molar-refractivity contribution in [2.75, 3.05) is 39.2 Å². The topological polar surface area (TPSA) is 60.0 Å². The second-order valence-corrected chi connectivity index (χ2v) is 8.34. The minimum absolute atomic E-state index is 0.259. The van der Waals surface area contributed by atoms with Gasteiger partial charge in [0.15, 0.2) is 11.5 Å². The number of para-hydroxylation sites is 1. The number of aliphatic hydroxyl groups is 1. The first-order chi connectivity index (χ1) is 14.2. The minimum Gasteiger partial charge on any atom is -0.493 e. The van der Waals surface area contributed by atoms with Crippen LogP contribution in [0.5, 0.6) is 17.2 Å². The lowest BCUT2D eigenvalue weighted by atomic mass is 10.1. The fourth-order valence-corrected chi connectivity index (χ4v) is 4.36. The van der Waals surface area contributed by atoms with Crippen molar-refractivity contribution in [3.8, 4) is 17.2 Å². The number of thioether (sulfide) groups is 1. The molecule has 0 saturated carbocycles. The quantitative estimate of drug-likeness (QED) is 0.573. The van der Waals surface area contributed by atoms with Gasteiger partial charge in [-0.3, -0.25) is 0 Å². The summed E-state index contributed by atoms with van der Waals surface area (Å²) in [5.41, 5.74) is 2.42. The maximum atomic E-state index is 10.1. The van der Waals surface area contributed by atoms with E-state index in [9.17, 15) is 5.11 Å². The van der Waals surface area contributed by atoms with Crippen LogP contribution < -0.4 is 19.5 Å². The molecule has 2 aromatic rings. The third kappa shape index (κ3) is 6.56. The van der Waals surface area contributed by atoms with E-state index in [4.69, 9.17) is 14.2 Å². The maximum Gasteiger partial charge on any atom is 0.162 e. The molecule has 1 heterocycles. The lowest BCUT2D eigenvalue weighted by Crippen LogP contribution is -2.33. The molecule has 6 heteroatoms. The van der Waals surface area contributed by atoms with Gasteiger partial charge in [-0.15, -0.1) is 11.8 Å². The highest BCUT2D eigenvalue weighted by molar-refractivity contribution is 7.99. The van der Waals surface area contributed by atoms with Crippen LogP contribution in [0.2, 0.25) is 0 Å². The molecule has 0 aromatic heterocycles. The number of aliphatic hydroxyl groups excluding tert-OH is 1. The third-order valence-corrected chi connectivity index (χ3v) is 6.07. The molecule has 29 heavy (non-hydrogen) atoms. The second-order valence-electron chi connectivity index (χ2n) is 7.20. The summed E-state index contributed by atoms with van der Waals surface area (Å²) in [5.74, 6) is 3.54. The molecule has 0 bridgehead atoms. The molecule has 1 aliphatic heterocycles. The van der Waals surface area contributed by atoms with Crippen LogP contribution in [0.15, 0.2) is 41.3 Å². The standard InChI is InChI=1S/C23H31NO4S/c1-17-7-3-4-9-20(17)28-16-19(25)15-24-10-11-27-22-14-23-18(13-21(22)26-2)8-5-6-12-29-23/h3-4,7,9,13-14,19,24-25H,5-6,8,10-12,15-16H2,1-2H3. The molecule has 158 valence electrons. The summed E-state index contributed by atoms with van der Waals surface area (Å²) < 4.78 is 17.1. The number of nitrogens with one attached hydrogen (secondary N) is 1. The van der Waals surface area contributed by atoms with Crippen LogP contribution in [0.3, 0.4) is 0 Å². The van der Waals surface area contributed by atoms with Gasteiger partial charge in [-0.2, -0.15) is 0 Å². The predicted octanol–water partition coefficient (Wildman–Crippen LogP) is 3.84. The molecule has 1 atom stereocenters. The molecule has 1 unspecified atom stereocenters. The first-order valence-corrected chi connectivity index (χ1v) is 11.2. The number of hydrogen-bond donors (Lipinski definition) is 2. The molecular formula is C23H31NO4S. The lowest BCUT2D eigenvalue weighted by molar-refractivity contribution is 0.105. The van der Waals surface area contributed by atoms with E-state index in [2.05, 4.69) is 17.4 Å². The van der Waals surface area contributed by atoms with Crippen molar-refractivity contribution in [1.29, 1.82) is 0 Å². The van der Waals surface area contributed by atoms with E-state index in [0.29, 0.717) is 19.7 Å². The predicted molar refractivity (Wildman–Crippen MR) is 118 cm³/mol. The van der Waals surface area contributed by atoms with Crippen LogP contribution in [0.25, 0.3) is 0 Å². The normalized spacial score (nSPS) is 14.6. The highest BCUT2D eigenvalue weighted by atomic mass is 32.2. The Labute approximate surface area is 177 Å². The summed E-state index contributed by atoms with van der Waals surface area (Å²) in [6.07, 6.45) is 3.00. The average molecular weight is 418 g/mol. The number of hydrogen-bond acceptors (Lipinski definition) is 6. The fourth-order valence-electron chi connectivity index (χ4n) is 3.25. The zero-order valence-corrected chi connectivity index (χ0v) is 18.1. The van der Waals surface area contributed by atoms with Crippen molar-refractivity contribution in [1.82, 2.24) is 5.32 Å². The van der Waals surface area contributed by atoms with Gasteiger partial charge in [-0.1, -0.05) is 18.2 Å². The number of aryl methyl sites for hydroxylation is 2. The van der Waals surface area contributed by atoms with E-state index in [0.717, 1.165) is 35.0 Å². The molecular weight excluding hydrogens is 386 g/mol. The van der Waals surface area contributed by atoms with Gasteiger partial charge in [0.1, 0.15) is 25.1 Å². The van der Waals surface area contributed by atoms with Gasteiger partial charge >= 0.3 is 0 Å². The van der Waals surface area contributed by atoms with E-state index in [-0.39, 0.29) is 6.61 Å². The zero-order chi connectivity index (χ0) is 20.5. The van der Waals surface area contributed by atoms with E-state index in [1.807, 2.05) is 43.0 Å². The number of ether oxygens (including phenoxy) is 3. The lowest BCUT2D eigenvalue weighted by Gasteiger charge is -2.16. The van der Waals surface area contributed by atoms with E-state index in [1.165, 1.54) is 23.3 Å². The molecule has 0 saturated heterocycles. The Bertz CT molecular complexity index is 783. The van der Waals surface area contributed by atoms with Crippen LogP contribution in [-0.4, -0.2) is 50.4 Å². The summed E-state index contributed by atoms with van der Waals surface area (Å²) in [5, 5.41) is 13.3. The van der Waals surface area contributed by atoms with Crippen molar-refractivity contribution in [2.45, 2.75) is 37.2 Å². The highest BCUT2D eigenvalue weighted by Gasteiger charge is 2.14. The molecule has 0 fully saturated rings. The first kappa shape index (κ1) is 21.8. The number of methoxy groups -OCH3 is 1. The van der Waals surface area contributed by atoms with Gasteiger partial charge in [-0.25, -0.2) is 0 Å². The molecule has 5 nitrogen and oxygen atoms in total. The molecule has 3 rings (SSSR count). The summed E-state index contributed by atoms with van der Waals surface area (Å²) >= 11 is 1.90. The third-order valence-electron chi connectivity index (χ3n) is 4.89. The van der Waals surface area contributed by atoms with Crippen LogP contribution >= 0.6 is 11.8 Å². The largest absolute Gasteiger partial charge is 0.493 e. The van der Waals surface area contributed by atoms with Gasteiger partial charge in [0.25, 0.3) is 0 Å². The van der Waals surface area contributed by atoms with Crippen LogP contribution in [0.1, 0.15) is 24.0 Å². The molecule has 0 amide bonds. The Hall–Kier alpha value is -1.89. The fraction of sp³-hybridized carbons (Fsp3) is 0.478. The van der Waals surface area contributed by atoms with Gasteiger partial charge in [-0.05, 0) is 61.3 Å². The van der Waals surface area contributed by atoms with Crippen molar-refractivity contribution >= 4 is 11.8 Å². The summed E-state index contributed by atoms with van der Waals surface area (Å²) in [4.78, 5) is 1.30. The van der Waals surface area contributed by atoms with Gasteiger partial charge in [0.2, 0.25) is 0 Å². The molecule has 2 N–H and O–H groups in total. The number of rotatable bonds is 10. The maximum absolute atomic E-state index is 10.1. The van der Waals surface area contributed by atoms with Crippen LogP contribution in [-0.2, 0) is 6.42 Å². The summed E-state index contributed by atoms with van der Waals surface area (Å²) in [7, 11) is 1.68. The van der Waals surface area contributed by atoms with E-state index >= 15 is 0 Å². The Morgan fingerprint density at radius 1 is 1.10 bits per heavy atom. The molecule has 0 aliphatic carbocycles. The molecule has 0 spiro atoms. The summed E-state index contributed by atoms with van der Waals surface area (Å²) in [6.45, 7) is 3.84. The number of benzene rings is 2. The van der Waals surface area contributed by atoms with Crippen molar-refractivity contribution in [3.05, 3.63) is 47.5 Å². The van der Waals surface area contributed by atoms with Crippen molar-refractivity contribution < 1.29 is 19.3 Å². The zero-order valence-electron chi connectivity index (χ0n) is 17.3. The second kappa shape index (κ2) is 11.3. The van der Waals surface area contributed by atoms with Crippen LogP contribution in [0, 0.1) is 6.92 Å². The number of fused-ring (bicyclic) bond motifs is 1. The summed E-state index contributed by atoms with van der Waals surface area (Å²) in [6, 6.07) is 12.0. The smallest absolute Gasteiger partial charge is 0.162 e. The van der Waals surface area contributed by atoms with E-state index in [1.54, 1.807) is 7.11 Å². The van der Waals surface area contributed by atoms with Crippen molar-refractivity contribution in [3.63, 3.8) is 0 Å². The van der Waals surface area contributed by atoms with Crippen LogP contribution in [0.4, 0.5) is 0 Å². The Morgan fingerprint density at radius 2 is 1.97 bits per heavy atom. The first-order valence-electron chi connectivity index (χ1n) is 10.2. The molecule has 1 aliphatic rings. The average Bonchev–Trinajstić information content (AvgIpc) is 2.97. The molecule has 2 aromatic carbocycles. The van der Waals surface area contributed by atoms with Crippen molar-refractivity contribution in [2.24, 2.45) is 0 Å². The molecule has 0 radical (unpaired) electrons. The monoisotopic (exact) mass is 417 g/mol. The highest BCUT2D eigenvalue weighted by Crippen LogP contribution is 2.38. The Balaban J connectivity index is 1.40. The van der Waals surface area contributed by atoms with Gasteiger partial charge in [0.05, 0.1) is 7.11 Å². The SMILES string of the molecule is COc1cc2c(cc1OCCNCC(O)COc1ccccc1C)SCCCC2. The Kier molecular flexibility index (Phi) is 8.52.